The van der Waals surface area contributed by atoms with Crippen LogP contribution in [0, 0.1) is 5.82 Å². The van der Waals surface area contributed by atoms with Crippen molar-refractivity contribution in [1.82, 2.24) is 20.1 Å². The summed E-state index contributed by atoms with van der Waals surface area (Å²) in [5.41, 5.74) is 3.26. The van der Waals surface area contributed by atoms with E-state index < -0.39 is 6.03 Å². The molecule has 0 bridgehead atoms. The van der Waals surface area contributed by atoms with Crippen LogP contribution in [0.5, 0.6) is 0 Å². The van der Waals surface area contributed by atoms with Crippen LogP contribution in [0.1, 0.15) is 37.9 Å². The first-order valence-electron chi connectivity index (χ1n) is 9.72. The number of anilines is 1. The Hall–Kier alpha value is -3.26. The SMILES string of the molecule is CC(C)(C)c1cc(CNC(=O)Nc2ccc(CCO)nc2)n(-c2cccc(F)c2)n1. The zero-order chi connectivity index (χ0) is 21.7. The summed E-state index contributed by atoms with van der Waals surface area (Å²) in [7, 11) is 0. The molecule has 0 atom stereocenters. The second-order valence-electron chi connectivity index (χ2n) is 7.98. The number of rotatable bonds is 6. The highest BCUT2D eigenvalue weighted by molar-refractivity contribution is 5.88. The fourth-order valence-corrected chi connectivity index (χ4v) is 2.85. The van der Waals surface area contributed by atoms with Gasteiger partial charge in [-0.1, -0.05) is 26.8 Å². The topological polar surface area (TPSA) is 92.1 Å². The fourth-order valence-electron chi connectivity index (χ4n) is 2.85. The predicted octanol–water partition coefficient (Wildman–Crippen LogP) is 3.56. The van der Waals surface area contributed by atoms with Crippen LogP contribution in [0.15, 0.2) is 48.7 Å². The smallest absolute Gasteiger partial charge is 0.319 e. The Balaban J connectivity index is 1.73. The minimum absolute atomic E-state index is 0.0236. The highest BCUT2D eigenvalue weighted by Crippen LogP contribution is 2.24. The molecule has 0 spiro atoms. The first-order valence-corrected chi connectivity index (χ1v) is 9.72. The zero-order valence-corrected chi connectivity index (χ0v) is 17.3. The zero-order valence-electron chi connectivity index (χ0n) is 17.3. The van der Waals surface area contributed by atoms with Gasteiger partial charge in [0.15, 0.2) is 0 Å². The standard InChI is InChI=1S/C22H26FN5O2/c1-22(2,3)20-12-19(28(27-20)18-6-4-5-15(23)11-18)14-25-21(30)26-17-8-7-16(9-10-29)24-13-17/h4-8,11-13,29H,9-10,14H2,1-3H3,(H2,25,26,30). The Kier molecular flexibility index (Phi) is 6.47. The van der Waals surface area contributed by atoms with Gasteiger partial charge in [0, 0.05) is 24.1 Å². The molecular weight excluding hydrogens is 385 g/mol. The van der Waals surface area contributed by atoms with Gasteiger partial charge in [-0.15, -0.1) is 0 Å². The van der Waals surface area contributed by atoms with Gasteiger partial charge in [0.05, 0.1) is 35.5 Å². The molecule has 0 radical (unpaired) electrons. The van der Waals surface area contributed by atoms with Crippen molar-refractivity contribution < 1.29 is 14.3 Å². The van der Waals surface area contributed by atoms with Crippen molar-refractivity contribution in [2.45, 2.75) is 39.2 Å². The van der Waals surface area contributed by atoms with Crippen LogP contribution in [-0.4, -0.2) is 32.5 Å². The van der Waals surface area contributed by atoms with E-state index in [1.54, 1.807) is 35.1 Å². The molecule has 2 amide bonds. The summed E-state index contributed by atoms with van der Waals surface area (Å²) in [6.07, 6.45) is 2.01. The van der Waals surface area contributed by atoms with Crippen LogP contribution in [-0.2, 0) is 18.4 Å². The van der Waals surface area contributed by atoms with Crippen molar-refractivity contribution in [3.63, 3.8) is 0 Å². The van der Waals surface area contributed by atoms with Gasteiger partial charge in [0.1, 0.15) is 5.82 Å². The number of hydrogen-bond donors (Lipinski definition) is 3. The number of hydrogen-bond acceptors (Lipinski definition) is 4. The highest BCUT2D eigenvalue weighted by atomic mass is 19.1. The molecule has 0 unspecified atom stereocenters. The Morgan fingerprint density at radius 1 is 1.20 bits per heavy atom. The van der Waals surface area contributed by atoms with Crippen molar-refractivity contribution in [1.29, 1.82) is 0 Å². The van der Waals surface area contributed by atoms with E-state index in [-0.39, 0.29) is 24.4 Å². The molecule has 158 valence electrons. The minimum atomic E-state index is -0.393. The highest BCUT2D eigenvalue weighted by Gasteiger charge is 2.21. The molecule has 3 rings (SSSR count). The average molecular weight is 411 g/mol. The summed E-state index contributed by atoms with van der Waals surface area (Å²) >= 11 is 0. The largest absolute Gasteiger partial charge is 0.396 e. The first-order chi connectivity index (χ1) is 14.3. The number of aliphatic hydroxyl groups excluding tert-OH is 1. The van der Waals surface area contributed by atoms with Crippen LogP contribution in [0.4, 0.5) is 14.9 Å². The van der Waals surface area contributed by atoms with Gasteiger partial charge in [0.2, 0.25) is 0 Å². The summed E-state index contributed by atoms with van der Waals surface area (Å²) in [5.74, 6) is -0.353. The number of pyridine rings is 1. The molecule has 2 heterocycles. The number of carbonyl (C=O) groups is 1. The van der Waals surface area contributed by atoms with Gasteiger partial charge in [-0.2, -0.15) is 5.10 Å². The Morgan fingerprint density at radius 3 is 2.63 bits per heavy atom. The van der Waals surface area contributed by atoms with Gasteiger partial charge in [0.25, 0.3) is 0 Å². The number of nitrogens with one attached hydrogen (secondary N) is 2. The number of amides is 2. The molecule has 7 nitrogen and oxygen atoms in total. The van der Waals surface area contributed by atoms with Crippen LogP contribution in [0.25, 0.3) is 5.69 Å². The minimum Gasteiger partial charge on any atom is -0.396 e. The van der Waals surface area contributed by atoms with Gasteiger partial charge in [-0.05, 0) is 36.4 Å². The van der Waals surface area contributed by atoms with E-state index in [1.807, 2.05) is 26.8 Å². The Bertz CT molecular complexity index is 1010. The van der Waals surface area contributed by atoms with Gasteiger partial charge >= 0.3 is 6.03 Å². The van der Waals surface area contributed by atoms with Gasteiger partial charge in [-0.3, -0.25) is 4.98 Å². The summed E-state index contributed by atoms with van der Waals surface area (Å²) in [6.45, 7) is 6.37. The summed E-state index contributed by atoms with van der Waals surface area (Å²) in [6, 6.07) is 11.2. The Labute approximate surface area is 175 Å². The molecule has 0 saturated carbocycles. The molecule has 3 aromatic rings. The number of aliphatic hydroxyl groups is 1. The lowest BCUT2D eigenvalue weighted by molar-refractivity contribution is 0.251. The number of halogens is 1. The molecule has 2 aromatic heterocycles. The fraction of sp³-hybridized carbons (Fsp3) is 0.318. The molecule has 0 saturated heterocycles. The second kappa shape index (κ2) is 9.04. The van der Waals surface area contributed by atoms with Crippen molar-refractivity contribution in [2.75, 3.05) is 11.9 Å². The van der Waals surface area contributed by atoms with E-state index >= 15 is 0 Å². The third kappa shape index (κ3) is 5.42. The molecule has 30 heavy (non-hydrogen) atoms. The second-order valence-corrected chi connectivity index (χ2v) is 7.98. The number of urea groups is 1. The van der Waals surface area contributed by atoms with E-state index in [0.717, 1.165) is 17.1 Å². The molecule has 0 aliphatic heterocycles. The Morgan fingerprint density at radius 2 is 2.00 bits per heavy atom. The maximum atomic E-state index is 13.7. The lowest BCUT2D eigenvalue weighted by Gasteiger charge is -2.14. The third-order valence-electron chi connectivity index (χ3n) is 4.48. The molecule has 8 heteroatoms. The van der Waals surface area contributed by atoms with Crippen LogP contribution in [0.2, 0.25) is 0 Å². The summed E-state index contributed by atoms with van der Waals surface area (Å²) < 4.78 is 15.4. The average Bonchev–Trinajstić information content (AvgIpc) is 3.13. The maximum absolute atomic E-state index is 13.7. The molecule has 0 fully saturated rings. The first kappa shape index (κ1) is 21.4. The summed E-state index contributed by atoms with van der Waals surface area (Å²) in [4.78, 5) is 16.5. The number of nitrogens with zero attached hydrogens (tertiary/aromatic N) is 3. The van der Waals surface area contributed by atoms with E-state index in [2.05, 4.69) is 20.7 Å². The lowest BCUT2D eigenvalue weighted by Crippen LogP contribution is -2.29. The third-order valence-corrected chi connectivity index (χ3v) is 4.48. The molecule has 3 N–H and O–H groups in total. The van der Waals surface area contributed by atoms with E-state index in [9.17, 15) is 9.18 Å². The van der Waals surface area contributed by atoms with Gasteiger partial charge in [-0.25, -0.2) is 13.9 Å². The number of benzene rings is 1. The van der Waals surface area contributed by atoms with Crippen molar-refractivity contribution in [3.05, 3.63) is 71.6 Å². The van der Waals surface area contributed by atoms with Crippen LogP contribution < -0.4 is 10.6 Å². The maximum Gasteiger partial charge on any atom is 0.319 e. The van der Waals surface area contributed by atoms with E-state index in [1.165, 1.54) is 12.1 Å². The van der Waals surface area contributed by atoms with Crippen molar-refractivity contribution in [2.24, 2.45) is 0 Å². The van der Waals surface area contributed by atoms with Crippen molar-refractivity contribution in [3.8, 4) is 5.69 Å². The van der Waals surface area contributed by atoms with E-state index in [4.69, 9.17) is 5.11 Å². The quantitative estimate of drug-likeness (QED) is 0.578. The predicted molar refractivity (Wildman–Crippen MR) is 113 cm³/mol. The van der Waals surface area contributed by atoms with Crippen LogP contribution >= 0.6 is 0 Å². The molecule has 0 aliphatic carbocycles. The number of aromatic nitrogens is 3. The van der Waals surface area contributed by atoms with Crippen molar-refractivity contribution >= 4 is 11.7 Å². The monoisotopic (exact) mass is 411 g/mol. The van der Waals surface area contributed by atoms with Gasteiger partial charge < -0.3 is 15.7 Å². The molecular formula is C22H26FN5O2. The van der Waals surface area contributed by atoms with E-state index in [0.29, 0.717) is 17.8 Å². The number of carbonyl (C=O) groups excluding carboxylic acids is 1. The normalized spacial score (nSPS) is 11.4. The molecule has 0 aliphatic rings. The molecule has 1 aromatic carbocycles. The van der Waals surface area contributed by atoms with Crippen LogP contribution in [0.3, 0.4) is 0 Å². The lowest BCUT2D eigenvalue weighted by atomic mass is 9.92. The summed E-state index contributed by atoms with van der Waals surface area (Å²) in [5, 5.41) is 19.1.